The van der Waals surface area contributed by atoms with E-state index in [0.29, 0.717) is 38.5 Å². The lowest BCUT2D eigenvalue weighted by atomic mass is 9.83. The molecule has 0 saturated carbocycles. The van der Waals surface area contributed by atoms with Gasteiger partial charge >= 0.3 is 0 Å². The van der Waals surface area contributed by atoms with E-state index in [0.717, 1.165) is 18.2 Å². The van der Waals surface area contributed by atoms with Gasteiger partial charge in [-0.15, -0.1) is 0 Å². The van der Waals surface area contributed by atoms with Crippen LogP contribution in [0.4, 0.5) is 0 Å². The highest BCUT2D eigenvalue weighted by Crippen LogP contribution is 2.34. The number of allylic oxidation sites excluding steroid dienone is 1. The van der Waals surface area contributed by atoms with Gasteiger partial charge in [0.25, 0.3) is 0 Å². The third-order valence-corrected chi connectivity index (χ3v) is 4.80. The van der Waals surface area contributed by atoms with Crippen molar-refractivity contribution in [2.24, 2.45) is 0 Å². The Morgan fingerprint density at radius 1 is 1.08 bits per heavy atom. The Kier molecular flexibility index (Phi) is 3.77. The largest absolute Gasteiger partial charge is 0.289 e. The molecule has 25 heavy (non-hydrogen) atoms. The second kappa shape index (κ2) is 5.97. The van der Waals surface area contributed by atoms with E-state index in [9.17, 15) is 9.59 Å². The lowest BCUT2D eigenvalue weighted by Crippen LogP contribution is -2.21. The normalized spacial score (nSPS) is 13.9. The van der Waals surface area contributed by atoms with Gasteiger partial charge < -0.3 is 0 Å². The van der Waals surface area contributed by atoms with Gasteiger partial charge in [0.05, 0.1) is 16.1 Å². The van der Waals surface area contributed by atoms with E-state index in [-0.39, 0.29) is 11.6 Å². The summed E-state index contributed by atoms with van der Waals surface area (Å²) in [6.07, 6.45) is 3.75. The van der Waals surface area contributed by atoms with Crippen LogP contribution in [0.3, 0.4) is 0 Å². The maximum atomic E-state index is 13.0. The molecule has 1 aliphatic carbocycles. The molecule has 0 saturated heterocycles. The van der Waals surface area contributed by atoms with Crippen molar-refractivity contribution in [1.82, 2.24) is 10.2 Å². The molecular weight excluding hydrogens is 336 g/mol. The zero-order valence-corrected chi connectivity index (χ0v) is 14.4. The van der Waals surface area contributed by atoms with Crippen LogP contribution < -0.4 is 0 Å². The molecule has 0 spiro atoms. The van der Waals surface area contributed by atoms with Gasteiger partial charge in [-0.2, -0.15) is 5.10 Å². The summed E-state index contributed by atoms with van der Waals surface area (Å²) in [5, 5.41) is 8.48. The zero-order chi connectivity index (χ0) is 17.6. The summed E-state index contributed by atoms with van der Waals surface area (Å²) >= 11 is 6.36. The lowest BCUT2D eigenvalue weighted by molar-refractivity contribution is 0.0980. The van der Waals surface area contributed by atoms with Gasteiger partial charge in [0.15, 0.2) is 11.6 Å². The number of H-pyrrole nitrogens is 1. The maximum Gasteiger partial charge on any atom is 0.196 e. The molecule has 0 radical (unpaired) electrons. The summed E-state index contributed by atoms with van der Waals surface area (Å²) in [5.74, 6) is -0.310. The monoisotopic (exact) mass is 350 g/mol. The minimum absolute atomic E-state index is 0.143. The molecule has 0 bridgehead atoms. The third kappa shape index (κ3) is 2.33. The molecular formula is C20H15ClN2O2. The van der Waals surface area contributed by atoms with Crippen LogP contribution in [-0.4, -0.2) is 21.8 Å². The van der Waals surface area contributed by atoms with Crippen LogP contribution in [0, 0.1) is 0 Å². The fraction of sp³-hybridized carbons (Fsp3) is 0.150. The summed E-state index contributed by atoms with van der Waals surface area (Å²) in [7, 11) is 0. The van der Waals surface area contributed by atoms with Gasteiger partial charge in [-0.1, -0.05) is 55.3 Å². The molecule has 2 aromatic carbocycles. The molecule has 3 aromatic rings. The van der Waals surface area contributed by atoms with E-state index in [4.69, 9.17) is 11.6 Å². The highest BCUT2D eigenvalue weighted by Gasteiger charge is 2.32. The van der Waals surface area contributed by atoms with Gasteiger partial charge in [0.1, 0.15) is 5.69 Å². The third-order valence-electron chi connectivity index (χ3n) is 4.47. The molecule has 0 aliphatic heterocycles. The SMILES string of the molecule is CCC/C=C(\Cl)c1n[nH]c2c3c(ccc12)C(=O)c1ccccc1C3=O. The van der Waals surface area contributed by atoms with Gasteiger partial charge in [-0.25, -0.2) is 0 Å². The number of rotatable bonds is 3. The number of carbonyl (C=O) groups is 2. The molecule has 0 amide bonds. The number of fused-ring (bicyclic) bond motifs is 4. The molecule has 0 unspecified atom stereocenters. The predicted octanol–water partition coefficient (Wildman–Crippen LogP) is 4.72. The molecule has 5 heteroatoms. The van der Waals surface area contributed by atoms with E-state index < -0.39 is 0 Å². The second-order valence-electron chi connectivity index (χ2n) is 6.03. The van der Waals surface area contributed by atoms with Crippen LogP contribution in [0.1, 0.15) is 57.3 Å². The van der Waals surface area contributed by atoms with E-state index in [2.05, 4.69) is 17.1 Å². The van der Waals surface area contributed by atoms with Crippen LogP contribution in [-0.2, 0) is 0 Å². The fourth-order valence-corrected chi connectivity index (χ4v) is 3.48. The Morgan fingerprint density at radius 2 is 1.80 bits per heavy atom. The number of unbranched alkanes of at least 4 members (excludes halogenated alkanes) is 1. The molecule has 1 aliphatic rings. The predicted molar refractivity (Wildman–Crippen MR) is 98.1 cm³/mol. The highest BCUT2D eigenvalue weighted by atomic mass is 35.5. The minimum Gasteiger partial charge on any atom is -0.289 e. The van der Waals surface area contributed by atoms with Crippen molar-refractivity contribution in [3.8, 4) is 0 Å². The van der Waals surface area contributed by atoms with Crippen LogP contribution in [0.5, 0.6) is 0 Å². The van der Waals surface area contributed by atoms with Crippen LogP contribution >= 0.6 is 11.6 Å². The molecule has 4 rings (SSSR count). The molecule has 4 nitrogen and oxygen atoms in total. The van der Waals surface area contributed by atoms with E-state index >= 15 is 0 Å². The number of hydrogen-bond donors (Lipinski definition) is 1. The highest BCUT2D eigenvalue weighted by molar-refractivity contribution is 6.49. The average Bonchev–Trinajstić information content (AvgIpc) is 3.07. The smallest absolute Gasteiger partial charge is 0.196 e. The van der Waals surface area contributed by atoms with Gasteiger partial charge in [-0.05, 0) is 18.6 Å². The lowest BCUT2D eigenvalue weighted by Gasteiger charge is -2.17. The van der Waals surface area contributed by atoms with Gasteiger partial charge in [0.2, 0.25) is 0 Å². The molecule has 1 aromatic heterocycles. The number of aromatic amines is 1. The van der Waals surface area contributed by atoms with Gasteiger partial charge in [-0.3, -0.25) is 14.7 Å². The van der Waals surface area contributed by atoms with Crippen molar-refractivity contribution in [3.63, 3.8) is 0 Å². The quantitative estimate of drug-likeness (QED) is 0.581. The fourth-order valence-electron chi connectivity index (χ4n) is 3.22. The Labute approximate surface area is 149 Å². The van der Waals surface area contributed by atoms with E-state index in [1.165, 1.54) is 0 Å². The zero-order valence-electron chi connectivity index (χ0n) is 13.6. The topological polar surface area (TPSA) is 62.8 Å². The average molecular weight is 351 g/mol. The Morgan fingerprint density at radius 3 is 2.52 bits per heavy atom. The van der Waals surface area contributed by atoms with Crippen molar-refractivity contribution < 1.29 is 9.59 Å². The van der Waals surface area contributed by atoms with Crippen molar-refractivity contribution in [3.05, 3.63) is 70.4 Å². The van der Waals surface area contributed by atoms with Gasteiger partial charge in [0, 0.05) is 22.1 Å². The van der Waals surface area contributed by atoms with Crippen LogP contribution in [0.15, 0.2) is 42.5 Å². The summed E-state index contributed by atoms with van der Waals surface area (Å²) in [5.41, 5.74) is 2.81. The summed E-state index contributed by atoms with van der Waals surface area (Å²) < 4.78 is 0. The molecule has 1 heterocycles. The standard InChI is InChI=1S/C20H15ClN2O2/c1-2-3-8-15(21)17-14-10-9-13-16(18(14)23-22-17)20(25)12-7-5-4-6-11(12)19(13)24/h4-10H,2-3H2,1H3,(H,22,23)/b15-8-. The molecule has 0 fully saturated rings. The van der Waals surface area contributed by atoms with E-state index in [1.54, 1.807) is 36.4 Å². The number of nitrogens with one attached hydrogen (secondary N) is 1. The van der Waals surface area contributed by atoms with Crippen molar-refractivity contribution >= 4 is 39.1 Å². The number of aromatic nitrogens is 2. The first-order chi connectivity index (χ1) is 12.1. The first-order valence-corrected chi connectivity index (χ1v) is 8.56. The number of benzene rings is 2. The van der Waals surface area contributed by atoms with E-state index in [1.807, 2.05) is 6.08 Å². The Hall–Kier alpha value is -2.72. The second-order valence-corrected chi connectivity index (χ2v) is 6.43. The summed E-state index contributed by atoms with van der Waals surface area (Å²) in [4.78, 5) is 25.7. The van der Waals surface area contributed by atoms with Crippen LogP contribution in [0.2, 0.25) is 0 Å². The minimum atomic E-state index is -0.167. The first-order valence-electron chi connectivity index (χ1n) is 8.19. The number of ketones is 2. The maximum absolute atomic E-state index is 13.0. The molecule has 0 atom stereocenters. The number of halogens is 1. The van der Waals surface area contributed by atoms with Crippen molar-refractivity contribution in [1.29, 1.82) is 0 Å². The number of carbonyl (C=O) groups excluding carboxylic acids is 2. The Bertz CT molecular complexity index is 1060. The summed E-state index contributed by atoms with van der Waals surface area (Å²) in [6, 6.07) is 10.4. The number of nitrogens with zero attached hydrogens (tertiary/aromatic N) is 1. The van der Waals surface area contributed by atoms with Crippen LogP contribution in [0.25, 0.3) is 15.9 Å². The Balaban J connectivity index is 1.94. The van der Waals surface area contributed by atoms with Crippen molar-refractivity contribution in [2.75, 3.05) is 0 Å². The van der Waals surface area contributed by atoms with Crippen molar-refractivity contribution in [2.45, 2.75) is 19.8 Å². The first kappa shape index (κ1) is 15.8. The molecule has 124 valence electrons. The number of hydrogen-bond acceptors (Lipinski definition) is 3. The summed E-state index contributed by atoms with van der Waals surface area (Å²) in [6.45, 7) is 2.07. The molecule has 1 N–H and O–H groups in total.